The third kappa shape index (κ3) is 2.51. The van der Waals surface area contributed by atoms with Crippen molar-refractivity contribution in [2.75, 3.05) is 13.1 Å². The lowest BCUT2D eigenvalue weighted by Crippen LogP contribution is -2.30. The molecule has 1 saturated heterocycles. The van der Waals surface area contributed by atoms with E-state index in [0.717, 1.165) is 0 Å². The van der Waals surface area contributed by atoms with E-state index in [9.17, 15) is 18.0 Å². The zero-order valence-electron chi connectivity index (χ0n) is 11.5. The molecule has 1 aliphatic rings. The molecule has 0 aliphatic carbocycles. The highest BCUT2D eigenvalue weighted by atomic mass is 32.2. The van der Waals surface area contributed by atoms with E-state index in [-0.39, 0.29) is 23.5 Å². The first-order valence-corrected chi connectivity index (χ1v) is 8.18. The van der Waals surface area contributed by atoms with Crippen LogP contribution in [-0.2, 0) is 14.8 Å². The van der Waals surface area contributed by atoms with Crippen molar-refractivity contribution in [1.82, 2.24) is 9.29 Å². The third-order valence-electron chi connectivity index (χ3n) is 3.83. The lowest BCUT2D eigenvalue weighted by atomic mass is 10.1. The van der Waals surface area contributed by atoms with E-state index in [4.69, 9.17) is 5.11 Å². The minimum absolute atomic E-state index is 0.0126. The van der Waals surface area contributed by atoms with Crippen LogP contribution < -0.4 is 5.56 Å². The van der Waals surface area contributed by atoms with Crippen molar-refractivity contribution in [2.45, 2.75) is 11.3 Å². The molecule has 7 nitrogen and oxygen atoms in total. The number of H-pyrrole nitrogens is 1. The Bertz CT molecular complexity index is 903. The van der Waals surface area contributed by atoms with Gasteiger partial charge < -0.3 is 10.1 Å². The number of hydrogen-bond donors (Lipinski definition) is 2. The van der Waals surface area contributed by atoms with Crippen molar-refractivity contribution < 1.29 is 18.3 Å². The van der Waals surface area contributed by atoms with Crippen molar-refractivity contribution in [3.63, 3.8) is 0 Å². The van der Waals surface area contributed by atoms with Crippen molar-refractivity contribution in [2.24, 2.45) is 5.92 Å². The quantitative estimate of drug-likeness (QED) is 0.861. The average Bonchev–Trinajstić information content (AvgIpc) is 2.97. The molecule has 2 aromatic rings. The number of rotatable bonds is 3. The van der Waals surface area contributed by atoms with Gasteiger partial charge in [-0.1, -0.05) is 0 Å². The number of aliphatic carboxylic acids is 1. The average molecular weight is 322 g/mol. The number of pyridine rings is 1. The molecular weight excluding hydrogens is 308 g/mol. The molecule has 0 bridgehead atoms. The van der Waals surface area contributed by atoms with Crippen LogP contribution in [0.2, 0.25) is 0 Å². The number of benzene rings is 1. The molecule has 2 heterocycles. The molecule has 116 valence electrons. The number of fused-ring (bicyclic) bond motifs is 1. The number of carboxylic acids is 1. The number of aromatic amines is 1. The second kappa shape index (κ2) is 5.22. The molecule has 1 aromatic carbocycles. The molecule has 0 spiro atoms. The van der Waals surface area contributed by atoms with Gasteiger partial charge in [0.05, 0.1) is 10.8 Å². The van der Waals surface area contributed by atoms with E-state index in [2.05, 4.69) is 4.98 Å². The summed E-state index contributed by atoms with van der Waals surface area (Å²) in [6.45, 7) is 0.185. The van der Waals surface area contributed by atoms with Crippen LogP contribution in [0.3, 0.4) is 0 Å². The standard InChI is InChI=1S/C14H14N2O5S/c17-13-4-1-9-7-11(2-3-12(9)15-13)22(20,21)16-6-5-10(8-16)14(18)19/h1-4,7,10H,5-6,8H2,(H,15,17)(H,18,19). The largest absolute Gasteiger partial charge is 0.481 e. The summed E-state index contributed by atoms with van der Waals surface area (Å²) in [6, 6.07) is 7.32. The van der Waals surface area contributed by atoms with E-state index in [1.165, 1.54) is 28.6 Å². The van der Waals surface area contributed by atoms with Crippen LogP contribution >= 0.6 is 0 Å². The molecular formula is C14H14N2O5S. The fraction of sp³-hybridized carbons (Fsp3) is 0.286. The van der Waals surface area contributed by atoms with Gasteiger partial charge in [0.1, 0.15) is 0 Å². The number of hydrogen-bond acceptors (Lipinski definition) is 4. The van der Waals surface area contributed by atoms with E-state index in [0.29, 0.717) is 17.3 Å². The van der Waals surface area contributed by atoms with Gasteiger partial charge in [0.25, 0.3) is 0 Å². The summed E-state index contributed by atoms with van der Waals surface area (Å²) < 4.78 is 26.3. The van der Waals surface area contributed by atoms with Gasteiger partial charge in [-0.25, -0.2) is 8.42 Å². The molecule has 1 aromatic heterocycles. The van der Waals surface area contributed by atoms with Crippen LogP contribution in [0.5, 0.6) is 0 Å². The Morgan fingerprint density at radius 1 is 1.27 bits per heavy atom. The monoisotopic (exact) mass is 322 g/mol. The van der Waals surface area contributed by atoms with Crippen LogP contribution in [0.4, 0.5) is 0 Å². The predicted molar refractivity (Wildman–Crippen MR) is 79.1 cm³/mol. The van der Waals surface area contributed by atoms with Gasteiger partial charge in [-0.05, 0) is 36.1 Å². The third-order valence-corrected chi connectivity index (χ3v) is 5.69. The minimum Gasteiger partial charge on any atom is -0.481 e. The number of nitrogens with zero attached hydrogens (tertiary/aromatic N) is 1. The Balaban J connectivity index is 1.97. The van der Waals surface area contributed by atoms with Crippen LogP contribution in [0.15, 0.2) is 40.0 Å². The number of sulfonamides is 1. The van der Waals surface area contributed by atoms with Gasteiger partial charge in [0.2, 0.25) is 15.6 Å². The van der Waals surface area contributed by atoms with Gasteiger partial charge in [0.15, 0.2) is 0 Å². The Kier molecular flexibility index (Phi) is 3.50. The topological polar surface area (TPSA) is 108 Å². The molecule has 2 N–H and O–H groups in total. The Morgan fingerprint density at radius 3 is 2.73 bits per heavy atom. The highest BCUT2D eigenvalue weighted by Crippen LogP contribution is 2.26. The van der Waals surface area contributed by atoms with Crippen LogP contribution in [0.25, 0.3) is 10.9 Å². The van der Waals surface area contributed by atoms with E-state index < -0.39 is 21.9 Å². The number of carboxylic acid groups (broad SMARTS) is 1. The molecule has 0 radical (unpaired) electrons. The molecule has 1 aliphatic heterocycles. The summed E-state index contributed by atoms with van der Waals surface area (Å²) in [5.74, 6) is -1.64. The fourth-order valence-corrected chi connectivity index (χ4v) is 4.13. The normalized spacial score (nSPS) is 19.5. The van der Waals surface area contributed by atoms with Crippen molar-refractivity contribution in [1.29, 1.82) is 0 Å². The summed E-state index contributed by atoms with van der Waals surface area (Å²) in [5.41, 5.74) is 0.295. The van der Waals surface area contributed by atoms with E-state index in [1.54, 1.807) is 6.07 Å². The van der Waals surface area contributed by atoms with Crippen molar-refractivity contribution in [3.8, 4) is 0 Å². The van der Waals surface area contributed by atoms with E-state index >= 15 is 0 Å². The summed E-state index contributed by atoms with van der Waals surface area (Å²) in [6.07, 6.45) is 0.315. The SMILES string of the molecule is O=C(O)C1CCN(S(=O)(=O)c2ccc3[nH]c(=O)ccc3c2)C1. The summed E-state index contributed by atoms with van der Waals surface area (Å²) in [7, 11) is -3.73. The molecule has 0 saturated carbocycles. The molecule has 1 atom stereocenters. The molecule has 1 fully saturated rings. The number of nitrogens with one attached hydrogen (secondary N) is 1. The highest BCUT2D eigenvalue weighted by Gasteiger charge is 2.35. The summed E-state index contributed by atoms with van der Waals surface area (Å²) in [4.78, 5) is 24.9. The summed E-state index contributed by atoms with van der Waals surface area (Å²) >= 11 is 0. The van der Waals surface area contributed by atoms with Gasteiger partial charge in [-0.3, -0.25) is 9.59 Å². The predicted octanol–water partition coefficient (Wildman–Crippen LogP) is 0.623. The molecule has 8 heteroatoms. The zero-order chi connectivity index (χ0) is 15.9. The van der Waals surface area contributed by atoms with Gasteiger partial charge in [0, 0.05) is 24.7 Å². The second-order valence-corrected chi connectivity index (χ2v) is 7.20. The first-order chi connectivity index (χ1) is 10.4. The first-order valence-electron chi connectivity index (χ1n) is 6.74. The fourth-order valence-electron chi connectivity index (χ4n) is 2.59. The van der Waals surface area contributed by atoms with Gasteiger partial charge in [-0.2, -0.15) is 4.31 Å². The Morgan fingerprint density at radius 2 is 2.05 bits per heavy atom. The lowest BCUT2D eigenvalue weighted by Gasteiger charge is -2.16. The summed E-state index contributed by atoms with van der Waals surface area (Å²) in [5, 5.41) is 9.59. The van der Waals surface area contributed by atoms with Gasteiger partial charge >= 0.3 is 5.97 Å². The number of carbonyl (C=O) groups is 1. The first kappa shape index (κ1) is 14.7. The maximum atomic E-state index is 12.6. The van der Waals surface area contributed by atoms with Crippen molar-refractivity contribution in [3.05, 3.63) is 40.7 Å². The minimum atomic E-state index is -3.73. The highest BCUT2D eigenvalue weighted by molar-refractivity contribution is 7.89. The van der Waals surface area contributed by atoms with Crippen LogP contribution in [0.1, 0.15) is 6.42 Å². The molecule has 3 rings (SSSR count). The smallest absolute Gasteiger partial charge is 0.307 e. The second-order valence-electron chi connectivity index (χ2n) is 5.26. The maximum absolute atomic E-state index is 12.6. The van der Waals surface area contributed by atoms with E-state index in [1.807, 2.05) is 0 Å². The van der Waals surface area contributed by atoms with Crippen LogP contribution in [0, 0.1) is 5.92 Å². The maximum Gasteiger partial charge on any atom is 0.307 e. The molecule has 1 unspecified atom stereocenters. The Hall–Kier alpha value is -2.19. The van der Waals surface area contributed by atoms with Crippen molar-refractivity contribution >= 4 is 26.9 Å². The zero-order valence-corrected chi connectivity index (χ0v) is 12.3. The molecule has 22 heavy (non-hydrogen) atoms. The lowest BCUT2D eigenvalue weighted by molar-refractivity contribution is -0.141. The molecule has 0 amide bonds. The number of aromatic nitrogens is 1. The van der Waals surface area contributed by atoms with Gasteiger partial charge in [-0.15, -0.1) is 0 Å². The Labute approximate surface area is 126 Å². The van der Waals surface area contributed by atoms with Crippen LogP contribution in [-0.4, -0.2) is 41.9 Å².